The lowest BCUT2D eigenvalue weighted by molar-refractivity contribution is 0.625. The Hall–Kier alpha value is -0.970. The molecule has 0 aliphatic carbocycles. The van der Waals surface area contributed by atoms with Crippen molar-refractivity contribution in [1.29, 1.82) is 0 Å². The molecule has 0 saturated carbocycles. The molecule has 102 valence electrons. The molecule has 0 N–H and O–H groups in total. The molecule has 1 unspecified atom stereocenters. The van der Waals surface area contributed by atoms with Crippen LogP contribution in [0.4, 0.5) is 4.39 Å². The van der Waals surface area contributed by atoms with E-state index in [1.165, 1.54) is 10.8 Å². The van der Waals surface area contributed by atoms with Crippen molar-refractivity contribution in [3.63, 3.8) is 0 Å². The Morgan fingerprint density at radius 3 is 2.80 bits per heavy atom. The average Bonchev–Trinajstić information content (AvgIpc) is 2.83. The molecule has 5 heteroatoms. The van der Waals surface area contributed by atoms with Crippen LogP contribution in [0.25, 0.3) is 10.2 Å². The van der Waals surface area contributed by atoms with Crippen molar-refractivity contribution in [1.82, 2.24) is 4.98 Å². The first-order chi connectivity index (χ1) is 9.63. The third kappa shape index (κ3) is 2.87. The van der Waals surface area contributed by atoms with Crippen LogP contribution in [0.3, 0.4) is 0 Å². The molecule has 3 rings (SSSR count). The van der Waals surface area contributed by atoms with Gasteiger partial charge in [-0.05, 0) is 29.8 Å². The van der Waals surface area contributed by atoms with Gasteiger partial charge < -0.3 is 0 Å². The monoisotopic (exact) mass is 369 g/mol. The number of rotatable bonds is 3. The van der Waals surface area contributed by atoms with Gasteiger partial charge in [-0.15, -0.1) is 11.3 Å². The number of aromatic nitrogens is 1. The largest absolute Gasteiger partial charge is 0.241 e. The number of nitrogens with zero attached hydrogens (tertiary/aromatic N) is 1. The molecule has 0 spiro atoms. The molecular formula is C15H10BrClFNS. The highest BCUT2D eigenvalue weighted by Crippen LogP contribution is 2.32. The van der Waals surface area contributed by atoms with Gasteiger partial charge >= 0.3 is 0 Å². The van der Waals surface area contributed by atoms with Crippen molar-refractivity contribution in [2.24, 2.45) is 0 Å². The van der Waals surface area contributed by atoms with E-state index in [0.29, 0.717) is 0 Å². The van der Waals surface area contributed by atoms with Crippen molar-refractivity contribution in [2.75, 3.05) is 0 Å². The van der Waals surface area contributed by atoms with E-state index < -0.39 is 5.82 Å². The zero-order valence-electron chi connectivity index (χ0n) is 10.3. The molecule has 3 aromatic rings. The van der Waals surface area contributed by atoms with E-state index in [1.54, 1.807) is 17.4 Å². The summed E-state index contributed by atoms with van der Waals surface area (Å²) < 4.78 is 14.7. The average molecular weight is 371 g/mol. The molecule has 1 nitrogen and oxygen atoms in total. The highest BCUT2D eigenvalue weighted by atomic mass is 79.9. The van der Waals surface area contributed by atoms with Crippen molar-refractivity contribution in [3.05, 3.63) is 63.9 Å². The first-order valence-corrected chi connectivity index (χ1v) is 8.18. The minimum Gasteiger partial charge on any atom is -0.241 e. The van der Waals surface area contributed by atoms with E-state index in [4.69, 9.17) is 11.6 Å². The van der Waals surface area contributed by atoms with Crippen LogP contribution in [0.5, 0.6) is 0 Å². The predicted molar refractivity (Wildman–Crippen MR) is 86.4 cm³/mol. The number of hydrogen-bond acceptors (Lipinski definition) is 2. The number of halogens is 3. The summed E-state index contributed by atoms with van der Waals surface area (Å²) in [7, 11) is 0. The Morgan fingerprint density at radius 1 is 1.25 bits per heavy atom. The molecular weight excluding hydrogens is 361 g/mol. The minimum absolute atomic E-state index is 0.0230. The third-order valence-electron chi connectivity index (χ3n) is 3.00. The van der Waals surface area contributed by atoms with Crippen molar-refractivity contribution < 1.29 is 4.39 Å². The zero-order chi connectivity index (χ0) is 14.1. The molecule has 1 atom stereocenters. The second-order valence-electron chi connectivity index (χ2n) is 4.42. The Labute approximate surface area is 133 Å². The number of thiazole rings is 1. The van der Waals surface area contributed by atoms with Crippen LogP contribution < -0.4 is 0 Å². The number of hydrogen-bond donors (Lipinski definition) is 0. The van der Waals surface area contributed by atoms with Crippen molar-refractivity contribution >= 4 is 49.1 Å². The molecule has 0 fully saturated rings. The van der Waals surface area contributed by atoms with Gasteiger partial charge in [0, 0.05) is 11.2 Å². The van der Waals surface area contributed by atoms with Gasteiger partial charge in [0.25, 0.3) is 0 Å². The fourth-order valence-corrected chi connectivity index (χ4v) is 3.92. The summed E-state index contributed by atoms with van der Waals surface area (Å²) in [5.74, 6) is -0.391. The normalized spacial score (nSPS) is 12.8. The summed E-state index contributed by atoms with van der Waals surface area (Å²) in [6.07, 6.45) is 0.723. The fourth-order valence-electron chi connectivity index (χ4n) is 1.99. The van der Waals surface area contributed by atoms with Gasteiger partial charge in [-0.3, -0.25) is 0 Å². The maximum atomic E-state index is 13.5. The summed E-state index contributed by atoms with van der Waals surface area (Å²) in [6.45, 7) is 0. The predicted octanol–water partition coefficient (Wildman–Crippen LogP) is 5.77. The van der Waals surface area contributed by atoms with Crippen LogP contribution in [0, 0.1) is 5.82 Å². The summed E-state index contributed by atoms with van der Waals surface area (Å²) >= 11 is 11.0. The van der Waals surface area contributed by atoms with Gasteiger partial charge in [-0.2, -0.15) is 0 Å². The van der Waals surface area contributed by atoms with E-state index in [9.17, 15) is 4.39 Å². The Morgan fingerprint density at radius 2 is 2.05 bits per heavy atom. The number of benzene rings is 2. The highest BCUT2D eigenvalue weighted by Gasteiger charge is 2.13. The fraction of sp³-hybridized carbons (Fsp3) is 0.133. The Kier molecular flexibility index (Phi) is 4.06. The first kappa shape index (κ1) is 14.0. The molecule has 0 saturated heterocycles. The smallest absolute Gasteiger partial charge is 0.142 e. The third-order valence-corrected chi connectivity index (χ3v) is 5.22. The van der Waals surface area contributed by atoms with Gasteiger partial charge in [0.1, 0.15) is 5.82 Å². The molecule has 0 radical (unpaired) electrons. The summed E-state index contributed by atoms with van der Waals surface area (Å²) in [4.78, 5) is 4.61. The SMILES string of the molecule is Fc1cc(C(Br)Cc2nc3ccccc3s2)ccc1Cl. The maximum absolute atomic E-state index is 13.5. The number of para-hydroxylation sites is 1. The van der Waals surface area contributed by atoms with E-state index in [-0.39, 0.29) is 9.85 Å². The summed E-state index contributed by atoms with van der Waals surface area (Å²) in [5.41, 5.74) is 1.88. The molecule has 1 heterocycles. The first-order valence-electron chi connectivity index (χ1n) is 6.07. The molecule has 20 heavy (non-hydrogen) atoms. The zero-order valence-corrected chi connectivity index (χ0v) is 13.5. The lowest BCUT2D eigenvalue weighted by Gasteiger charge is -2.08. The van der Waals surface area contributed by atoms with Gasteiger partial charge in [0.05, 0.1) is 20.2 Å². The van der Waals surface area contributed by atoms with Crippen LogP contribution in [-0.2, 0) is 6.42 Å². The Balaban J connectivity index is 1.84. The standard InChI is InChI=1S/C15H10BrClFNS/c16-10(9-5-6-11(17)12(18)7-9)8-15-19-13-3-1-2-4-14(13)20-15/h1-7,10H,8H2. The van der Waals surface area contributed by atoms with Gasteiger partial charge in [-0.1, -0.05) is 45.7 Å². The summed E-state index contributed by atoms with van der Waals surface area (Å²) in [5, 5.41) is 1.18. The molecule has 1 aromatic heterocycles. The van der Waals surface area contributed by atoms with Crippen molar-refractivity contribution in [3.8, 4) is 0 Å². The molecule has 0 aliphatic heterocycles. The van der Waals surface area contributed by atoms with Gasteiger partial charge in [-0.25, -0.2) is 9.37 Å². The Bertz CT molecular complexity index is 725. The quantitative estimate of drug-likeness (QED) is 0.533. The van der Waals surface area contributed by atoms with Crippen LogP contribution in [0.15, 0.2) is 42.5 Å². The maximum Gasteiger partial charge on any atom is 0.142 e. The van der Waals surface area contributed by atoms with E-state index in [1.807, 2.05) is 24.3 Å². The number of alkyl halides is 1. The van der Waals surface area contributed by atoms with E-state index >= 15 is 0 Å². The second kappa shape index (κ2) is 5.80. The lowest BCUT2D eigenvalue weighted by atomic mass is 10.1. The van der Waals surface area contributed by atoms with Crippen LogP contribution in [0.2, 0.25) is 5.02 Å². The second-order valence-corrected chi connectivity index (χ2v) is 7.05. The number of fused-ring (bicyclic) bond motifs is 1. The molecule has 2 aromatic carbocycles. The van der Waals surface area contributed by atoms with E-state index in [0.717, 1.165) is 22.5 Å². The topological polar surface area (TPSA) is 12.9 Å². The molecule has 0 amide bonds. The minimum atomic E-state index is -0.391. The molecule has 0 bridgehead atoms. The van der Waals surface area contributed by atoms with Gasteiger partial charge in [0.15, 0.2) is 0 Å². The van der Waals surface area contributed by atoms with Crippen LogP contribution in [-0.4, -0.2) is 4.98 Å². The van der Waals surface area contributed by atoms with E-state index in [2.05, 4.69) is 27.0 Å². The summed E-state index contributed by atoms with van der Waals surface area (Å²) in [6, 6.07) is 12.9. The molecule has 0 aliphatic rings. The van der Waals surface area contributed by atoms with Crippen LogP contribution in [0.1, 0.15) is 15.4 Å². The van der Waals surface area contributed by atoms with Gasteiger partial charge in [0.2, 0.25) is 0 Å². The van der Waals surface area contributed by atoms with Crippen molar-refractivity contribution in [2.45, 2.75) is 11.2 Å². The highest BCUT2D eigenvalue weighted by molar-refractivity contribution is 9.09. The lowest BCUT2D eigenvalue weighted by Crippen LogP contribution is -1.95. The van der Waals surface area contributed by atoms with Crippen LogP contribution >= 0.6 is 38.9 Å².